The van der Waals surface area contributed by atoms with Gasteiger partial charge in [0.05, 0.1) is 0 Å². The molecule has 144 valence electrons. The molecule has 0 spiro atoms. The van der Waals surface area contributed by atoms with Crippen molar-refractivity contribution in [2.75, 3.05) is 7.05 Å². The maximum Gasteiger partial charge on any atom is 0.256 e. The van der Waals surface area contributed by atoms with Crippen LogP contribution in [-0.2, 0) is 6.54 Å². The van der Waals surface area contributed by atoms with Gasteiger partial charge in [0.2, 0.25) is 5.43 Å². The number of hydrogen-bond donors (Lipinski definition) is 2. The standard InChI is InChI=1S/C20H31N3O3/c1-14(2)10-11-23-12-16(19(25)21-3)18(24)17(13-23)20(26)22-15-8-6-4-5-7-9-15/h12-15H,4-11H2,1-3H3,(H,21,25)(H,22,26). The fourth-order valence-corrected chi connectivity index (χ4v) is 3.31. The molecular formula is C20H31N3O3. The first-order valence-corrected chi connectivity index (χ1v) is 9.69. The normalized spacial score (nSPS) is 15.5. The maximum absolute atomic E-state index is 12.7. The number of nitrogens with one attached hydrogen (secondary N) is 2. The van der Waals surface area contributed by atoms with E-state index in [0.717, 1.165) is 32.1 Å². The number of carbonyl (C=O) groups excluding carboxylic acids is 2. The molecule has 0 aromatic carbocycles. The monoisotopic (exact) mass is 361 g/mol. The third-order valence-electron chi connectivity index (χ3n) is 4.95. The molecule has 1 saturated carbocycles. The van der Waals surface area contributed by atoms with Crippen molar-refractivity contribution < 1.29 is 9.59 Å². The SMILES string of the molecule is CNC(=O)c1cn(CCC(C)C)cc(C(=O)NC2CCCCCC2)c1=O. The lowest BCUT2D eigenvalue weighted by Crippen LogP contribution is -2.39. The van der Waals surface area contributed by atoms with E-state index in [4.69, 9.17) is 0 Å². The highest BCUT2D eigenvalue weighted by Crippen LogP contribution is 2.17. The number of aryl methyl sites for hydroxylation is 1. The molecule has 1 heterocycles. The highest BCUT2D eigenvalue weighted by atomic mass is 16.2. The lowest BCUT2D eigenvalue weighted by atomic mass is 10.1. The van der Waals surface area contributed by atoms with Gasteiger partial charge < -0.3 is 15.2 Å². The minimum atomic E-state index is -0.503. The number of nitrogens with zero attached hydrogens (tertiary/aromatic N) is 1. The Bertz CT molecular complexity index is 686. The molecule has 0 atom stereocenters. The van der Waals surface area contributed by atoms with Gasteiger partial charge in [-0.2, -0.15) is 0 Å². The molecule has 26 heavy (non-hydrogen) atoms. The summed E-state index contributed by atoms with van der Waals surface area (Å²) in [6.45, 7) is 4.88. The van der Waals surface area contributed by atoms with Crippen LogP contribution in [0.1, 0.15) is 79.5 Å². The molecule has 0 aliphatic heterocycles. The van der Waals surface area contributed by atoms with Crippen molar-refractivity contribution in [3.8, 4) is 0 Å². The van der Waals surface area contributed by atoms with Crippen molar-refractivity contribution in [1.82, 2.24) is 15.2 Å². The van der Waals surface area contributed by atoms with Gasteiger partial charge in [0.15, 0.2) is 0 Å². The van der Waals surface area contributed by atoms with Gasteiger partial charge in [-0.15, -0.1) is 0 Å². The molecule has 2 N–H and O–H groups in total. The van der Waals surface area contributed by atoms with Crippen LogP contribution in [0.2, 0.25) is 0 Å². The van der Waals surface area contributed by atoms with Crippen LogP contribution in [0.25, 0.3) is 0 Å². The molecule has 1 aliphatic rings. The third-order valence-corrected chi connectivity index (χ3v) is 4.95. The fraction of sp³-hybridized carbons (Fsp3) is 0.650. The second-order valence-corrected chi connectivity index (χ2v) is 7.58. The summed E-state index contributed by atoms with van der Waals surface area (Å²) >= 11 is 0. The Kier molecular flexibility index (Phi) is 7.42. The van der Waals surface area contributed by atoms with Gasteiger partial charge in [0.1, 0.15) is 11.1 Å². The van der Waals surface area contributed by atoms with Crippen LogP contribution >= 0.6 is 0 Å². The number of amides is 2. The van der Waals surface area contributed by atoms with Crippen molar-refractivity contribution in [1.29, 1.82) is 0 Å². The molecule has 6 heteroatoms. The summed E-state index contributed by atoms with van der Waals surface area (Å²) in [6.07, 6.45) is 10.5. The molecule has 1 aromatic heterocycles. The zero-order chi connectivity index (χ0) is 19.1. The highest BCUT2D eigenvalue weighted by molar-refractivity contribution is 5.99. The van der Waals surface area contributed by atoms with Gasteiger partial charge >= 0.3 is 0 Å². The van der Waals surface area contributed by atoms with Crippen molar-refractivity contribution in [2.45, 2.75) is 71.4 Å². The summed E-state index contributed by atoms with van der Waals surface area (Å²) in [5.74, 6) is -0.343. The van der Waals surface area contributed by atoms with Crippen LogP contribution in [0, 0.1) is 5.92 Å². The van der Waals surface area contributed by atoms with Crippen LogP contribution in [0.5, 0.6) is 0 Å². The molecule has 0 unspecified atom stereocenters. The third kappa shape index (κ3) is 5.44. The number of pyridine rings is 1. The molecule has 2 amide bonds. The summed E-state index contributed by atoms with van der Waals surface area (Å²) < 4.78 is 1.79. The first kappa shape index (κ1) is 20.2. The molecular weight excluding hydrogens is 330 g/mol. The second-order valence-electron chi connectivity index (χ2n) is 7.58. The van der Waals surface area contributed by atoms with E-state index in [1.807, 2.05) is 0 Å². The Morgan fingerprint density at radius 2 is 1.65 bits per heavy atom. The van der Waals surface area contributed by atoms with Gasteiger partial charge in [-0.3, -0.25) is 14.4 Å². The zero-order valence-electron chi connectivity index (χ0n) is 16.1. The zero-order valence-corrected chi connectivity index (χ0v) is 16.1. The number of hydrogen-bond acceptors (Lipinski definition) is 3. The van der Waals surface area contributed by atoms with E-state index < -0.39 is 11.3 Å². The Morgan fingerprint density at radius 3 is 2.19 bits per heavy atom. The topological polar surface area (TPSA) is 80.2 Å². The Hall–Kier alpha value is -2.11. The van der Waals surface area contributed by atoms with Crippen LogP contribution in [-0.4, -0.2) is 29.5 Å². The van der Waals surface area contributed by atoms with Crippen LogP contribution in [0.3, 0.4) is 0 Å². The molecule has 0 saturated heterocycles. The minimum absolute atomic E-state index is 0.0183. The number of carbonyl (C=O) groups is 2. The summed E-state index contributed by atoms with van der Waals surface area (Å²) in [4.78, 5) is 37.5. The van der Waals surface area contributed by atoms with Crippen LogP contribution in [0.15, 0.2) is 17.2 Å². The van der Waals surface area contributed by atoms with Gasteiger partial charge in [-0.1, -0.05) is 39.5 Å². The largest absolute Gasteiger partial charge is 0.355 e. The van der Waals surface area contributed by atoms with E-state index in [2.05, 4.69) is 24.5 Å². The summed E-state index contributed by atoms with van der Waals surface area (Å²) in [6, 6.07) is 0.108. The van der Waals surface area contributed by atoms with E-state index in [9.17, 15) is 14.4 Å². The summed E-state index contributed by atoms with van der Waals surface area (Å²) in [7, 11) is 1.48. The van der Waals surface area contributed by atoms with E-state index in [1.165, 1.54) is 19.9 Å². The fourth-order valence-electron chi connectivity index (χ4n) is 3.31. The Labute approximate surface area is 155 Å². The summed E-state index contributed by atoms with van der Waals surface area (Å²) in [5.41, 5.74) is -0.430. The van der Waals surface area contributed by atoms with E-state index >= 15 is 0 Å². The van der Waals surface area contributed by atoms with E-state index in [-0.39, 0.29) is 23.1 Å². The molecule has 2 rings (SSSR count). The van der Waals surface area contributed by atoms with Gasteiger partial charge in [-0.25, -0.2) is 0 Å². The maximum atomic E-state index is 12.7. The average molecular weight is 361 g/mol. The predicted octanol–water partition coefficient (Wildman–Crippen LogP) is 2.71. The Balaban J connectivity index is 2.28. The second kappa shape index (κ2) is 9.55. The molecule has 0 bridgehead atoms. The number of rotatable bonds is 6. The quantitative estimate of drug-likeness (QED) is 0.765. The van der Waals surface area contributed by atoms with Crippen molar-refractivity contribution in [2.24, 2.45) is 5.92 Å². The van der Waals surface area contributed by atoms with E-state index in [1.54, 1.807) is 17.0 Å². The lowest BCUT2D eigenvalue weighted by Gasteiger charge is -2.17. The van der Waals surface area contributed by atoms with Crippen LogP contribution in [0.4, 0.5) is 0 Å². The van der Waals surface area contributed by atoms with Gasteiger partial charge in [0, 0.05) is 32.0 Å². The molecule has 1 aromatic rings. The highest BCUT2D eigenvalue weighted by Gasteiger charge is 2.21. The van der Waals surface area contributed by atoms with Crippen molar-refractivity contribution >= 4 is 11.8 Å². The summed E-state index contributed by atoms with van der Waals surface area (Å²) in [5, 5.41) is 5.49. The van der Waals surface area contributed by atoms with Gasteiger partial charge in [0.25, 0.3) is 11.8 Å². The molecule has 1 aliphatic carbocycles. The smallest absolute Gasteiger partial charge is 0.256 e. The molecule has 6 nitrogen and oxygen atoms in total. The first-order valence-electron chi connectivity index (χ1n) is 9.69. The van der Waals surface area contributed by atoms with Crippen LogP contribution < -0.4 is 16.1 Å². The number of aromatic nitrogens is 1. The first-order chi connectivity index (χ1) is 12.4. The molecule has 1 fully saturated rings. The average Bonchev–Trinajstić information content (AvgIpc) is 2.88. The Morgan fingerprint density at radius 1 is 1.08 bits per heavy atom. The lowest BCUT2D eigenvalue weighted by molar-refractivity contribution is 0.0931. The van der Waals surface area contributed by atoms with Crippen molar-refractivity contribution in [3.63, 3.8) is 0 Å². The predicted molar refractivity (Wildman–Crippen MR) is 103 cm³/mol. The van der Waals surface area contributed by atoms with Gasteiger partial charge in [-0.05, 0) is 25.2 Å². The minimum Gasteiger partial charge on any atom is -0.355 e. The molecule has 0 radical (unpaired) electrons. The van der Waals surface area contributed by atoms with Crippen molar-refractivity contribution in [3.05, 3.63) is 33.7 Å². The van der Waals surface area contributed by atoms with E-state index in [0.29, 0.717) is 12.5 Å².